The number of imidazole rings is 1. The van der Waals surface area contributed by atoms with E-state index in [9.17, 15) is 18.0 Å². The molecule has 0 saturated carbocycles. The molecule has 2 amide bonds. The molecular weight excluding hydrogens is 463 g/mol. The number of halogens is 3. The first-order chi connectivity index (χ1) is 16.7. The largest absolute Gasteiger partial charge is 0.405 e. The predicted molar refractivity (Wildman–Crippen MR) is 127 cm³/mol. The topological polar surface area (TPSA) is 148 Å². The van der Waals surface area contributed by atoms with Gasteiger partial charge in [0.05, 0.1) is 23.6 Å². The third-order valence-electron chi connectivity index (χ3n) is 5.51. The molecule has 3 heterocycles. The number of alkyl halides is 3. The van der Waals surface area contributed by atoms with Crippen LogP contribution in [0.4, 0.5) is 23.7 Å². The lowest BCUT2D eigenvalue weighted by molar-refractivity contribution is -0.122. The highest BCUT2D eigenvalue weighted by Gasteiger charge is 2.34. The van der Waals surface area contributed by atoms with Crippen molar-refractivity contribution >= 4 is 29.2 Å². The Hall–Kier alpha value is -3.97. The van der Waals surface area contributed by atoms with Crippen LogP contribution in [0.25, 0.3) is 22.5 Å². The molecule has 13 heteroatoms. The summed E-state index contributed by atoms with van der Waals surface area (Å²) in [5.74, 6) is 0. The minimum atomic E-state index is -4.49. The van der Waals surface area contributed by atoms with Gasteiger partial charge in [-0.3, -0.25) is 4.99 Å². The summed E-state index contributed by atoms with van der Waals surface area (Å²) in [5.41, 5.74) is 14.9. The van der Waals surface area contributed by atoms with Crippen LogP contribution in [0, 0.1) is 0 Å². The van der Waals surface area contributed by atoms with Gasteiger partial charge in [0.15, 0.2) is 5.65 Å². The molecule has 0 radical (unpaired) electrons. The normalized spacial score (nSPS) is 15.8. The third kappa shape index (κ3) is 5.58. The first-order valence-corrected chi connectivity index (χ1v) is 10.7. The lowest BCUT2D eigenvalue weighted by Crippen LogP contribution is -2.62. The van der Waals surface area contributed by atoms with Crippen LogP contribution in [0.2, 0.25) is 0 Å². The summed E-state index contributed by atoms with van der Waals surface area (Å²) in [5, 5.41) is 11.8. The Balaban J connectivity index is 1.53. The number of urea groups is 1. The molecule has 3 aromatic rings. The molecule has 7 N–H and O–H groups in total. The summed E-state index contributed by atoms with van der Waals surface area (Å²) in [7, 11) is 0. The molecule has 0 spiro atoms. The summed E-state index contributed by atoms with van der Waals surface area (Å²) >= 11 is 0. The minimum Gasteiger partial charge on any atom is -0.404 e. The van der Waals surface area contributed by atoms with Crippen LogP contribution in [0.1, 0.15) is 5.56 Å². The number of aromatic nitrogens is 3. The molecule has 4 rings (SSSR count). The van der Waals surface area contributed by atoms with Crippen molar-refractivity contribution in [3.05, 3.63) is 54.5 Å². The van der Waals surface area contributed by atoms with Crippen molar-refractivity contribution in [3.63, 3.8) is 0 Å². The molecule has 0 atom stereocenters. The van der Waals surface area contributed by atoms with Crippen molar-refractivity contribution in [2.45, 2.75) is 11.7 Å². The summed E-state index contributed by atoms with van der Waals surface area (Å²) < 4.78 is 38.5. The summed E-state index contributed by atoms with van der Waals surface area (Å²) in [6, 6.07) is 7.46. The number of hydrogen-bond donors (Lipinski definition) is 5. The Labute approximate surface area is 198 Å². The number of nitrogens with zero attached hydrogens (tertiary/aromatic N) is 4. The molecule has 2 aromatic heterocycles. The van der Waals surface area contributed by atoms with E-state index in [2.05, 4.69) is 25.7 Å². The highest BCUT2D eigenvalue weighted by Crippen LogP contribution is 2.25. The van der Waals surface area contributed by atoms with Gasteiger partial charge in [0.25, 0.3) is 0 Å². The number of rotatable bonds is 7. The van der Waals surface area contributed by atoms with Gasteiger partial charge in [0, 0.05) is 54.4 Å². The van der Waals surface area contributed by atoms with Crippen LogP contribution in [-0.2, 0) is 0 Å². The quantitative estimate of drug-likeness (QED) is 0.321. The van der Waals surface area contributed by atoms with Gasteiger partial charge in [0.2, 0.25) is 0 Å². The van der Waals surface area contributed by atoms with E-state index in [1.165, 1.54) is 6.20 Å². The third-order valence-corrected chi connectivity index (χ3v) is 5.51. The van der Waals surface area contributed by atoms with Crippen LogP contribution in [-0.4, -0.2) is 64.7 Å². The van der Waals surface area contributed by atoms with Crippen molar-refractivity contribution in [2.24, 2.45) is 16.5 Å². The smallest absolute Gasteiger partial charge is 0.404 e. The maximum Gasteiger partial charge on any atom is 0.405 e. The van der Waals surface area contributed by atoms with Crippen molar-refractivity contribution in [2.75, 3.05) is 31.5 Å². The number of carbonyl (C=O) groups is 1. The average Bonchev–Trinajstić information content (AvgIpc) is 3.23. The molecular formula is C22H24F3N9O. The van der Waals surface area contributed by atoms with Gasteiger partial charge < -0.3 is 27.4 Å². The van der Waals surface area contributed by atoms with Crippen LogP contribution < -0.4 is 27.4 Å². The molecule has 35 heavy (non-hydrogen) atoms. The molecule has 1 aromatic carbocycles. The second-order valence-corrected chi connectivity index (χ2v) is 8.07. The van der Waals surface area contributed by atoms with E-state index >= 15 is 0 Å². The van der Waals surface area contributed by atoms with Gasteiger partial charge in [-0.25, -0.2) is 14.3 Å². The Morgan fingerprint density at radius 1 is 1.29 bits per heavy atom. The molecule has 0 aliphatic carbocycles. The fourth-order valence-electron chi connectivity index (χ4n) is 3.47. The zero-order valence-corrected chi connectivity index (χ0v) is 18.5. The van der Waals surface area contributed by atoms with E-state index in [1.807, 2.05) is 6.07 Å². The number of amides is 2. The molecule has 10 nitrogen and oxygen atoms in total. The summed E-state index contributed by atoms with van der Waals surface area (Å²) in [6.07, 6.45) is 1.87. The number of allylic oxidation sites excluding steroid dienone is 1. The zero-order chi connectivity index (χ0) is 25.1. The molecule has 1 aliphatic rings. The maximum absolute atomic E-state index is 12.3. The fourth-order valence-corrected chi connectivity index (χ4v) is 3.47. The van der Waals surface area contributed by atoms with E-state index in [-0.39, 0.29) is 5.54 Å². The Morgan fingerprint density at radius 2 is 2.09 bits per heavy atom. The van der Waals surface area contributed by atoms with E-state index in [0.717, 1.165) is 5.56 Å². The lowest BCUT2D eigenvalue weighted by atomic mass is 9.93. The molecule has 1 fully saturated rings. The first-order valence-electron chi connectivity index (χ1n) is 10.7. The Bertz CT molecular complexity index is 1270. The SMILES string of the molecule is NC=C(C=NC1(CN)CNC1)c1cnn2c(-c3cccc(NC(=O)NCC(F)(F)F)c3)cnc2c1. The number of anilines is 1. The second kappa shape index (κ2) is 9.72. The number of hydrogen-bond acceptors (Lipinski definition) is 7. The van der Waals surface area contributed by atoms with E-state index in [4.69, 9.17) is 11.5 Å². The molecule has 0 bridgehead atoms. The number of aliphatic imine (C=N–C) groups is 1. The monoisotopic (exact) mass is 487 g/mol. The number of carbonyl (C=O) groups excluding carboxylic acids is 1. The molecule has 1 aliphatic heterocycles. The van der Waals surface area contributed by atoms with E-state index in [1.54, 1.807) is 52.7 Å². The number of nitrogens with two attached hydrogens (primary N) is 2. The Kier molecular flexibility index (Phi) is 6.71. The Morgan fingerprint density at radius 3 is 2.74 bits per heavy atom. The maximum atomic E-state index is 12.3. The van der Waals surface area contributed by atoms with Crippen molar-refractivity contribution in [3.8, 4) is 11.3 Å². The second-order valence-electron chi connectivity index (χ2n) is 8.07. The van der Waals surface area contributed by atoms with E-state index < -0.39 is 18.8 Å². The average molecular weight is 487 g/mol. The molecule has 1 saturated heterocycles. The van der Waals surface area contributed by atoms with Crippen LogP contribution in [0.3, 0.4) is 0 Å². The van der Waals surface area contributed by atoms with Gasteiger partial charge in [-0.1, -0.05) is 12.1 Å². The highest BCUT2D eigenvalue weighted by atomic mass is 19.4. The van der Waals surface area contributed by atoms with Crippen LogP contribution >= 0.6 is 0 Å². The van der Waals surface area contributed by atoms with Gasteiger partial charge in [-0.15, -0.1) is 0 Å². The number of benzene rings is 1. The number of nitrogens with one attached hydrogen (secondary N) is 3. The zero-order valence-electron chi connectivity index (χ0n) is 18.5. The van der Waals surface area contributed by atoms with Crippen LogP contribution in [0.5, 0.6) is 0 Å². The highest BCUT2D eigenvalue weighted by molar-refractivity contribution is 6.10. The predicted octanol–water partition coefficient (Wildman–Crippen LogP) is 1.75. The summed E-state index contributed by atoms with van der Waals surface area (Å²) in [6.45, 7) is 0.409. The molecule has 184 valence electrons. The van der Waals surface area contributed by atoms with Gasteiger partial charge in [-0.2, -0.15) is 18.3 Å². The van der Waals surface area contributed by atoms with Crippen LogP contribution in [0.15, 0.2) is 53.9 Å². The van der Waals surface area contributed by atoms with Gasteiger partial charge in [-0.05, 0) is 18.2 Å². The van der Waals surface area contributed by atoms with Crippen molar-refractivity contribution in [1.29, 1.82) is 0 Å². The van der Waals surface area contributed by atoms with Crippen molar-refractivity contribution < 1.29 is 18.0 Å². The van der Waals surface area contributed by atoms with E-state index in [0.29, 0.717) is 47.8 Å². The molecule has 0 unspecified atom stereocenters. The van der Waals surface area contributed by atoms with Crippen molar-refractivity contribution in [1.82, 2.24) is 25.2 Å². The minimum absolute atomic E-state index is 0.317. The lowest BCUT2D eigenvalue weighted by Gasteiger charge is -2.38. The first kappa shape index (κ1) is 24.2. The number of fused-ring (bicyclic) bond motifs is 1. The summed E-state index contributed by atoms with van der Waals surface area (Å²) in [4.78, 5) is 20.8. The van der Waals surface area contributed by atoms with Gasteiger partial charge in [0.1, 0.15) is 6.54 Å². The fraction of sp³-hybridized carbons (Fsp3) is 0.273. The van der Waals surface area contributed by atoms with Gasteiger partial charge >= 0.3 is 12.2 Å². The standard InChI is InChI=1S/C22H24F3N9O/c23-22(24,25)13-30-20(35)33-17-3-1-2-14(4-17)18-9-29-19-5-15(8-32-34(18)19)16(6-26)7-31-21(10-27)11-28-12-21/h1-9,28H,10-13,26-27H2,(H2,30,33,35).